The van der Waals surface area contributed by atoms with E-state index in [1.165, 1.54) is 35.4 Å². The summed E-state index contributed by atoms with van der Waals surface area (Å²) in [5.41, 5.74) is 0.946. The van der Waals surface area contributed by atoms with Crippen LogP contribution in [0.15, 0.2) is 40.7 Å². The lowest BCUT2D eigenvalue weighted by Gasteiger charge is -2.16. The molecular formula is C13H15N3O3S2. The third kappa shape index (κ3) is 4.02. The number of carbonyl (C=O) groups excluding carboxylic acids is 1. The van der Waals surface area contributed by atoms with Crippen LogP contribution in [0.5, 0.6) is 0 Å². The van der Waals surface area contributed by atoms with Crippen LogP contribution in [0, 0.1) is 6.92 Å². The van der Waals surface area contributed by atoms with Crippen molar-refractivity contribution >= 4 is 27.4 Å². The Labute approximate surface area is 127 Å². The predicted molar refractivity (Wildman–Crippen MR) is 80.5 cm³/mol. The molecule has 1 N–H and O–H groups in total. The molecular weight excluding hydrogens is 310 g/mol. The van der Waals surface area contributed by atoms with Gasteiger partial charge in [0.2, 0.25) is 0 Å². The highest BCUT2D eigenvalue weighted by Gasteiger charge is 2.20. The first-order valence-corrected chi connectivity index (χ1v) is 8.48. The molecule has 0 aliphatic rings. The minimum absolute atomic E-state index is 0.0594. The number of hydrogen-bond acceptors (Lipinski definition) is 5. The molecule has 1 aromatic heterocycles. The van der Waals surface area contributed by atoms with Gasteiger partial charge in [0, 0.05) is 18.6 Å². The van der Waals surface area contributed by atoms with Crippen LogP contribution in [0.4, 0.5) is 4.79 Å². The Bertz CT molecular complexity index is 710. The Morgan fingerprint density at radius 1 is 1.33 bits per heavy atom. The molecule has 0 spiro atoms. The van der Waals surface area contributed by atoms with Crippen LogP contribution < -0.4 is 4.72 Å². The van der Waals surface area contributed by atoms with Crippen molar-refractivity contribution in [1.82, 2.24) is 14.6 Å². The standard InChI is InChI=1S/C13H15N3O3S2/c1-10-3-5-11(6-4-10)21(18,19)15-13(17)16(2)9-12-14-7-8-20-12/h3-8H,9H2,1-2H3,(H,15,17). The second-order valence-corrected chi connectivity index (χ2v) is 7.17. The van der Waals surface area contributed by atoms with Crippen molar-refractivity contribution in [3.8, 4) is 0 Å². The molecule has 0 aliphatic heterocycles. The van der Waals surface area contributed by atoms with Gasteiger partial charge in [0.1, 0.15) is 5.01 Å². The predicted octanol–water partition coefficient (Wildman–Crippen LogP) is 1.98. The topological polar surface area (TPSA) is 79.4 Å². The summed E-state index contributed by atoms with van der Waals surface area (Å²) in [6.07, 6.45) is 1.63. The number of aromatic nitrogens is 1. The molecule has 2 amide bonds. The molecule has 0 radical (unpaired) electrons. The monoisotopic (exact) mass is 325 g/mol. The molecule has 0 fully saturated rings. The lowest BCUT2D eigenvalue weighted by Crippen LogP contribution is -2.40. The smallest absolute Gasteiger partial charge is 0.320 e. The van der Waals surface area contributed by atoms with Gasteiger partial charge in [-0.25, -0.2) is 22.9 Å². The van der Waals surface area contributed by atoms with E-state index in [1.54, 1.807) is 23.7 Å². The fourth-order valence-corrected chi connectivity index (χ4v) is 3.24. The summed E-state index contributed by atoms with van der Waals surface area (Å²) in [5, 5.41) is 2.53. The maximum absolute atomic E-state index is 12.1. The van der Waals surface area contributed by atoms with Gasteiger partial charge in [0.25, 0.3) is 10.0 Å². The average Bonchev–Trinajstić information content (AvgIpc) is 2.91. The van der Waals surface area contributed by atoms with Crippen molar-refractivity contribution in [2.24, 2.45) is 0 Å². The summed E-state index contributed by atoms with van der Waals surface area (Å²) in [6.45, 7) is 2.11. The minimum Gasteiger partial charge on any atom is -0.320 e. The van der Waals surface area contributed by atoms with E-state index < -0.39 is 16.1 Å². The highest BCUT2D eigenvalue weighted by Crippen LogP contribution is 2.11. The SMILES string of the molecule is Cc1ccc(S(=O)(=O)NC(=O)N(C)Cc2nccs2)cc1. The van der Waals surface area contributed by atoms with Crippen LogP contribution >= 0.6 is 11.3 Å². The van der Waals surface area contributed by atoms with E-state index in [9.17, 15) is 13.2 Å². The number of benzene rings is 1. The van der Waals surface area contributed by atoms with Crippen molar-refractivity contribution in [3.05, 3.63) is 46.4 Å². The minimum atomic E-state index is -3.86. The number of carbonyl (C=O) groups is 1. The van der Waals surface area contributed by atoms with Crippen molar-refractivity contribution in [2.75, 3.05) is 7.05 Å². The van der Waals surface area contributed by atoms with Gasteiger partial charge in [-0.1, -0.05) is 17.7 Å². The first kappa shape index (κ1) is 15.5. The Balaban J connectivity index is 2.05. The number of sulfonamides is 1. The van der Waals surface area contributed by atoms with E-state index in [0.29, 0.717) is 0 Å². The zero-order chi connectivity index (χ0) is 15.5. The normalized spacial score (nSPS) is 11.1. The number of nitrogens with one attached hydrogen (secondary N) is 1. The summed E-state index contributed by atoms with van der Waals surface area (Å²) in [7, 11) is -2.34. The van der Waals surface area contributed by atoms with E-state index in [4.69, 9.17) is 0 Å². The summed E-state index contributed by atoms with van der Waals surface area (Å²) in [4.78, 5) is 17.3. The quantitative estimate of drug-likeness (QED) is 0.932. The van der Waals surface area contributed by atoms with Crippen molar-refractivity contribution in [1.29, 1.82) is 0 Å². The molecule has 8 heteroatoms. The van der Waals surface area contributed by atoms with Crippen LogP contribution in [0.1, 0.15) is 10.6 Å². The summed E-state index contributed by atoms with van der Waals surface area (Å²) >= 11 is 1.40. The zero-order valence-corrected chi connectivity index (χ0v) is 13.2. The van der Waals surface area contributed by atoms with Gasteiger partial charge in [0.05, 0.1) is 11.4 Å². The van der Waals surface area contributed by atoms with E-state index in [2.05, 4.69) is 4.98 Å². The van der Waals surface area contributed by atoms with Gasteiger partial charge in [-0.05, 0) is 19.1 Å². The molecule has 1 aromatic carbocycles. The Morgan fingerprint density at radius 3 is 2.57 bits per heavy atom. The first-order chi connectivity index (χ1) is 9.88. The number of amides is 2. The lowest BCUT2D eigenvalue weighted by molar-refractivity contribution is 0.213. The van der Waals surface area contributed by atoms with E-state index in [-0.39, 0.29) is 11.4 Å². The van der Waals surface area contributed by atoms with Crippen LogP contribution in [0.2, 0.25) is 0 Å². The van der Waals surface area contributed by atoms with Crippen LogP contribution in [-0.2, 0) is 16.6 Å². The summed E-state index contributed by atoms with van der Waals surface area (Å²) in [6, 6.07) is 5.60. The molecule has 0 saturated heterocycles. The molecule has 0 aliphatic carbocycles. The van der Waals surface area contributed by atoms with Gasteiger partial charge >= 0.3 is 6.03 Å². The average molecular weight is 325 g/mol. The zero-order valence-electron chi connectivity index (χ0n) is 11.6. The van der Waals surface area contributed by atoms with Crippen LogP contribution in [0.25, 0.3) is 0 Å². The number of nitrogens with zero attached hydrogens (tertiary/aromatic N) is 2. The number of hydrogen-bond donors (Lipinski definition) is 1. The Hall–Kier alpha value is -1.93. The van der Waals surface area contributed by atoms with E-state index in [0.717, 1.165) is 10.6 Å². The molecule has 0 saturated carbocycles. The number of rotatable bonds is 4. The van der Waals surface area contributed by atoms with Crippen LogP contribution in [0.3, 0.4) is 0 Å². The first-order valence-electron chi connectivity index (χ1n) is 6.11. The molecule has 0 bridgehead atoms. The van der Waals surface area contributed by atoms with Gasteiger partial charge in [-0.15, -0.1) is 11.3 Å². The highest BCUT2D eigenvalue weighted by atomic mass is 32.2. The van der Waals surface area contributed by atoms with Crippen molar-refractivity contribution in [2.45, 2.75) is 18.4 Å². The second-order valence-electron chi connectivity index (χ2n) is 4.51. The maximum Gasteiger partial charge on any atom is 0.331 e. The fourth-order valence-electron chi connectivity index (χ4n) is 1.57. The molecule has 0 unspecified atom stereocenters. The van der Waals surface area contributed by atoms with E-state index >= 15 is 0 Å². The third-order valence-corrected chi connectivity index (χ3v) is 4.86. The molecule has 6 nitrogen and oxygen atoms in total. The van der Waals surface area contributed by atoms with Crippen LogP contribution in [-0.4, -0.2) is 31.4 Å². The highest BCUT2D eigenvalue weighted by molar-refractivity contribution is 7.90. The second kappa shape index (κ2) is 6.23. The van der Waals surface area contributed by atoms with Gasteiger partial charge in [-0.3, -0.25) is 0 Å². The molecule has 112 valence electrons. The number of thiazole rings is 1. The summed E-state index contributed by atoms with van der Waals surface area (Å²) in [5.74, 6) is 0. The lowest BCUT2D eigenvalue weighted by atomic mass is 10.2. The molecule has 2 rings (SSSR count). The van der Waals surface area contributed by atoms with Gasteiger partial charge in [0.15, 0.2) is 0 Å². The van der Waals surface area contributed by atoms with Crippen molar-refractivity contribution in [3.63, 3.8) is 0 Å². The maximum atomic E-state index is 12.1. The fraction of sp³-hybridized carbons (Fsp3) is 0.231. The molecule has 21 heavy (non-hydrogen) atoms. The number of urea groups is 1. The van der Waals surface area contributed by atoms with E-state index in [1.807, 2.05) is 11.6 Å². The van der Waals surface area contributed by atoms with Gasteiger partial charge < -0.3 is 4.90 Å². The summed E-state index contributed by atoms with van der Waals surface area (Å²) < 4.78 is 26.2. The Morgan fingerprint density at radius 2 is 2.00 bits per heavy atom. The number of aryl methyl sites for hydroxylation is 1. The van der Waals surface area contributed by atoms with Crippen molar-refractivity contribution < 1.29 is 13.2 Å². The third-order valence-electron chi connectivity index (χ3n) is 2.76. The Kier molecular flexibility index (Phi) is 4.59. The molecule has 0 atom stereocenters. The molecule has 1 heterocycles. The largest absolute Gasteiger partial charge is 0.331 e. The van der Waals surface area contributed by atoms with Gasteiger partial charge in [-0.2, -0.15) is 0 Å². The molecule has 2 aromatic rings.